The van der Waals surface area contributed by atoms with Gasteiger partial charge in [-0.15, -0.1) is 0 Å². The standard InChI is InChI=1S/C8H10N2.C8H8N2.2C2H6/c1-7-2-3-8-9-4-5-10(8)6-7;1-6-5-10-8-7(6)3-2-4-9-8;2*1-2/h4-6H,2-3H2,1H3;2-5H,1H3,(H,9,10);2*1-2H3. The van der Waals surface area contributed by atoms with Crippen molar-refractivity contribution in [3.63, 3.8) is 0 Å². The first-order valence-electron chi connectivity index (χ1n) is 8.82. The van der Waals surface area contributed by atoms with E-state index in [0.29, 0.717) is 0 Å². The number of aryl methyl sites for hydroxylation is 2. The van der Waals surface area contributed by atoms with Gasteiger partial charge >= 0.3 is 0 Å². The normalized spacial score (nSPS) is 11.7. The highest BCUT2D eigenvalue weighted by atomic mass is 15.0. The maximum absolute atomic E-state index is 4.21. The zero-order chi connectivity index (χ0) is 17.9. The van der Waals surface area contributed by atoms with Crippen LogP contribution in [0.15, 0.2) is 42.5 Å². The molecule has 3 aromatic heterocycles. The van der Waals surface area contributed by atoms with Crippen molar-refractivity contribution in [1.29, 1.82) is 0 Å². The first-order valence-corrected chi connectivity index (χ1v) is 8.82. The van der Waals surface area contributed by atoms with E-state index in [2.05, 4.69) is 45.6 Å². The molecule has 0 radical (unpaired) electrons. The summed E-state index contributed by atoms with van der Waals surface area (Å²) >= 11 is 0. The molecule has 4 rings (SSSR count). The second kappa shape index (κ2) is 10.4. The van der Waals surface area contributed by atoms with Crippen LogP contribution in [0.5, 0.6) is 0 Å². The SMILES string of the molecule is CC.CC.CC1=Cn2ccnc2CC1.Cc1c[nH]c2ncccc12. The van der Waals surface area contributed by atoms with Crippen molar-refractivity contribution in [2.75, 3.05) is 0 Å². The predicted molar refractivity (Wildman–Crippen MR) is 104 cm³/mol. The van der Waals surface area contributed by atoms with Gasteiger partial charge in [0.2, 0.25) is 0 Å². The van der Waals surface area contributed by atoms with Gasteiger partial charge in [0.05, 0.1) is 0 Å². The van der Waals surface area contributed by atoms with Crippen LogP contribution in [0.4, 0.5) is 0 Å². The molecule has 4 heterocycles. The molecule has 3 aromatic rings. The fourth-order valence-electron chi connectivity index (χ4n) is 2.36. The minimum atomic E-state index is 0.972. The number of hydrogen-bond acceptors (Lipinski definition) is 2. The molecule has 0 amide bonds. The average Bonchev–Trinajstić information content (AvgIpc) is 3.26. The Bertz CT molecular complexity index is 750. The van der Waals surface area contributed by atoms with Crippen molar-refractivity contribution in [2.24, 2.45) is 0 Å². The summed E-state index contributed by atoms with van der Waals surface area (Å²) in [5.74, 6) is 1.19. The molecule has 4 heteroatoms. The molecule has 130 valence electrons. The Labute approximate surface area is 145 Å². The van der Waals surface area contributed by atoms with Gasteiger partial charge < -0.3 is 9.55 Å². The maximum atomic E-state index is 4.21. The van der Waals surface area contributed by atoms with Crippen LogP contribution in [0, 0.1) is 6.92 Å². The molecule has 0 atom stereocenters. The molecule has 0 fully saturated rings. The molecule has 0 saturated heterocycles. The van der Waals surface area contributed by atoms with E-state index >= 15 is 0 Å². The van der Waals surface area contributed by atoms with Gasteiger partial charge in [-0.1, -0.05) is 33.3 Å². The molecule has 0 unspecified atom stereocenters. The van der Waals surface area contributed by atoms with E-state index in [4.69, 9.17) is 0 Å². The van der Waals surface area contributed by atoms with Gasteiger partial charge in [-0.3, -0.25) is 0 Å². The van der Waals surface area contributed by atoms with E-state index < -0.39 is 0 Å². The van der Waals surface area contributed by atoms with Crippen molar-refractivity contribution in [1.82, 2.24) is 19.5 Å². The van der Waals surface area contributed by atoms with Crippen LogP contribution in [0.2, 0.25) is 0 Å². The molecule has 0 spiro atoms. The van der Waals surface area contributed by atoms with Crippen molar-refractivity contribution in [3.8, 4) is 0 Å². The Morgan fingerprint density at radius 1 is 1.00 bits per heavy atom. The van der Waals surface area contributed by atoms with E-state index in [1.165, 1.54) is 22.3 Å². The molecular formula is C20H30N4. The molecule has 24 heavy (non-hydrogen) atoms. The molecule has 1 aliphatic rings. The molecule has 0 aromatic carbocycles. The number of H-pyrrole nitrogens is 1. The number of aromatic nitrogens is 4. The van der Waals surface area contributed by atoms with Gasteiger partial charge in [0.1, 0.15) is 11.5 Å². The number of nitrogens with one attached hydrogen (secondary N) is 1. The van der Waals surface area contributed by atoms with E-state index in [1.807, 2.05) is 52.4 Å². The van der Waals surface area contributed by atoms with Crippen molar-refractivity contribution < 1.29 is 0 Å². The number of fused-ring (bicyclic) bond motifs is 2. The van der Waals surface area contributed by atoms with E-state index in [0.717, 1.165) is 18.5 Å². The fraction of sp³-hybridized carbons (Fsp3) is 0.400. The molecular weight excluding hydrogens is 296 g/mol. The number of hydrogen-bond donors (Lipinski definition) is 1. The smallest absolute Gasteiger partial charge is 0.137 e. The largest absolute Gasteiger partial charge is 0.346 e. The number of nitrogens with zero attached hydrogens (tertiary/aromatic N) is 3. The van der Waals surface area contributed by atoms with Crippen LogP contribution in [0.25, 0.3) is 17.2 Å². The highest BCUT2D eigenvalue weighted by molar-refractivity contribution is 5.78. The summed E-state index contributed by atoms with van der Waals surface area (Å²) in [6.45, 7) is 12.2. The molecule has 1 N–H and O–H groups in total. The molecule has 1 aliphatic heterocycles. The summed E-state index contributed by atoms with van der Waals surface area (Å²) in [7, 11) is 0. The second-order valence-electron chi connectivity index (χ2n) is 5.10. The topological polar surface area (TPSA) is 46.5 Å². The third-order valence-corrected chi connectivity index (χ3v) is 3.51. The molecule has 0 bridgehead atoms. The van der Waals surface area contributed by atoms with Crippen molar-refractivity contribution in [2.45, 2.75) is 54.4 Å². The number of allylic oxidation sites excluding steroid dienone is 1. The van der Waals surface area contributed by atoms with Crippen LogP contribution in [-0.2, 0) is 6.42 Å². The van der Waals surface area contributed by atoms with Crippen LogP contribution >= 0.6 is 0 Å². The van der Waals surface area contributed by atoms with Crippen molar-refractivity contribution in [3.05, 3.63) is 53.9 Å². The summed E-state index contributed by atoms with van der Waals surface area (Å²) in [6.07, 6.45) is 12.0. The van der Waals surface area contributed by atoms with Crippen LogP contribution < -0.4 is 0 Å². The first-order chi connectivity index (χ1) is 11.7. The van der Waals surface area contributed by atoms with Crippen LogP contribution in [0.3, 0.4) is 0 Å². The lowest BCUT2D eigenvalue weighted by atomic mass is 10.1. The number of imidazole rings is 1. The van der Waals surface area contributed by atoms with Crippen molar-refractivity contribution >= 4 is 17.2 Å². The van der Waals surface area contributed by atoms with Crippen LogP contribution in [-0.4, -0.2) is 19.5 Å². The summed E-state index contributed by atoms with van der Waals surface area (Å²) in [5.41, 5.74) is 3.66. The van der Waals surface area contributed by atoms with E-state index in [-0.39, 0.29) is 0 Å². The Kier molecular flexibility index (Phi) is 8.55. The Morgan fingerprint density at radius 2 is 1.75 bits per heavy atom. The van der Waals surface area contributed by atoms with Gasteiger partial charge in [-0.2, -0.15) is 0 Å². The quantitative estimate of drug-likeness (QED) is 0.583. The van der Waals surface area contributed by atoms with Gasteiger partial charge in [0, 0.05) is 42.8 Å². The summed E-state index contributed by atoms with van der Waals surface area (Å²) in [4.78, 5) is 11.4. The monoisotopic (exact) mass is 326 g/mol. The van der Waals surface area contributed by atoms with Crippen LogP contribution in [0.1, 0.15) is 52.4 Å². The number of pyridine rings is 1. The average molecular weight is 326 g/mol. The zero-order valence-corrected chi connectivity index (χ0v) is 15.8. The minimum absolute atomic E-state index is 0.972. The maximum Gasteiger partial charge on any atom is 0.137 e. The lowest BCUT2D eigenvalue weighted by Crippen LogP contribution is -2.02. The van der Waals surface area contributed by atoms with Gasteiger partial charge in [0.15, 0.2) is 0 Å². The van der Waals surface area contributed by atoms with E-state index in [9.17, 15) is 0 Å². The lowest BCUT2D eigenvalue weighted by Gasteiger charge is -2.10. The third kappa shape index (κ3) is 5.08. The Balaban J connectivity index is 0.000000199. The predicted octanol–water partition coefficient (Wildman–Crippen LogP) is 5.61. The second-order valence-corrected chi connectivity index (χ2v) is 5.10. The molecule has 0 saturated carbocycles. The number of aromatic amines is 1. The Hall–Kier alpha value is -2.36. The minimum Gasteiger partial charge on any atom is -0.346 e. The molecule has 4 nitrogen and oxygen atoms in total. The fourth-order valence-corrected chi connectivity index (χ4v) is 2.36. The first kappa shape index (κ1) is 19.7. The highest BCUT2D eigenvalue weighted by Gasteiger charge is 2.06. The molecule has 0 aliphatic carbocycles. The Morgan fingerprint density at radius 3 is 2.46 bits per heavy atom. The summed E-state index contributed by atoms with van der Waals surface area (Å²) in [5, 5.41) is 1.21. The number of rotatable bonds is 0. The summed E-state index contributed by atoms with van der Waals surface area (Å²) < 4.78 is 2.10. The van der Waals surface area contributed by atoms with Gasteiger partial charge in [-0.25, -0.2) is 9.97 Å². The van der Waals surface area contributed by atoms with Gasteiger partial charge in [0.25, 0.3) is 0 Å². The van der Waals surface area contributed by atoms with Gasteiger partial charge in [-0.05, 0) is 38.0 Å². The highest BCUT2D eigenvalue weighted by Crippen LogP contribution is 2.15. The van der Waals surface area contributed by atoms with E-state index in [1.54, 1.807) is 6.20 Å². The lowest BCUT2D eigenvalue weighted by molar-refractivity contribution is 0.804. The summed E-state index contributed by atoms with van der Waals surface area (Å²) in [6, 6.07) is 4.01. The zero-order valence-electron chi connectivity index (χ0n) is 15.8. The third-order valence-electron chi connectivity index (χ3n) is 3.51.